The smallest absolute Gasteiger partial charge is 0.238 e. The molecule has 1 amide bonds. The van der Waals surface area contributed by atoms with E-state index in [0.29, 0.717) is 17.7 Å². The third-order valence-corrected chi connectivity index (χ3v) is 6.73. The monoisotopic (exact) mass is 334 g/mol. The predicted molar refractivity (Wildman–Crippen MR) is 87.1 cm³/mol. The normalized spacial score (nSPS) is 29.7. The summed E-state index contributed by atoms with van der Waals surface area (Å²) in [5.74, 6) is 1.83. The number of hydrogen-bond donors (Lipinski definition) is 2. The van der Waals surface area contributed by atoms with Crippen LogP contribution in [0.25, 0.3) is 0 Å². The highest BCUT2D eigenvalue weighted by Gasteiger charge is 2.49. The SMILES string of the molecule is CS(=O)(=O)CCSCCC1CCCC1(NC1CC1)C(N)=O. The van der Waals surface area contributed by atoms with Crippen LogP contribution in [0.5, 0.6) is 0 Å². The van der Waals surface area contributed by atoms with Crippen molar-refractivity contribution in [3.63, 3.8) is 0 Å². The van der Waals surface area contributed by atoms with E-state index in [0.717, 1.165) is 44.3 Å². The largest absolute Gasteiger partial charge is 0.368 e. The number of amides is 1. The van der Waals surface area contributed by atoms with Crippen molar-refractivity contribution in [3.05, 3.63) is 0 Å². The number of sulfone groups is 1. The quantitative estimate of drug-likeness (QED) is 0.612. The molecule has 2 aliphatic rings. The molecule has 0 spiro atoms. The molecule has 0 radical (unpaired) electrons. The zero-order chi connectivity index (χ0) is 15.5. The number of primary amides is 1. The number of nitrogens with two attached hydrogens (primary N) is 1. The third-order valence-electron chi connectivity index (χ3n) is 4.51. The van der Waals surface area contributed by atoms with Crippen molar-refractivity contribution < 1.29 is 13.2 Å². The topological polar surface area (TPSA) is 89.3 Å². The lowest BCUT2D eigenvalue weighted by Gasteiger charge is -2.34. The molecule has 2 fully saturated rings. The molecule has 0 aromatic heterocycles. The van der Waals surface area contributed by atoms with E-state index in [9.17, 15) is 13.2 Å². The number of thioether (sulfide) groups is 1. The van der Waals surface area contributed by atoms with Gasteiger partial charge in [-0.25, -0.2) is 8.42 Å². The number of hydrogen-bond acceptors (Lipinski definition) is 5. The van der Waals surface area contributed by atoms with Crippen molar-refractivity contribution >= 4 is 27.5 Å². The van der Waals surface area contributed by atoms with Crippen LogP contribution >= 0.6 is 11.8 Å². The van der Waals surface area contributed by atoms with Gasteiger partial charge in [0.05, 0.1) is 5.75 Å². The molecule has 7 heteroatoms. The first-order valence-electron chi connectivity index (χ1n) is 7.66. The number of nitrogens with one attached hydrogen (secondary N) is 1. The summed E-state index contributed by atoms with van der Waals surface area (Å²) < 4.78 is 22.2. The summed E-state index contributed by atoms with van der Waals surface area (Å²) in [6, 6.07) is 0.469. The van der Waals surface area contributed by atoms with Crippen molar-refractivity contribution in [2.45, 2.75) is 50.1 Å². The fourth-order valence-electron chi connectivity index (χ4n) is 3.18. The minimum atomic E-state index is -2.87. The summed E-state index contributed by atoms with van der Waals surface area (Å²) >= 11 is 1.65. The maximum atomic E-state index is 12.0. The molecule has 122 valence electrons. The Hall–Kier alpha value is -0.270. The lowest BCUT2D eigenvalue weighted by molar-refractivity contribution is -0.126. The number of carbonyl (C=O) groups is 1. The van der Waals surface area contributed by atoms with Gasteiger partial charge < -0.3 is 11.1 Å². The van der Waals surface area contributed by atoms with E-state index in [1.54, 1.807) is 11.8 Å². The average Bonchev–Trinajstić information content (AvgIpc) is 3.08. The van der Waals surface area contributed by atoms with Crippen LogP contribution in [-0.2, 0) is 14.6 Å². The van der Waals surface area contributed by atoms with Gasteiger partial charge in [-0.15, -0.1) is 0 Å². The molecule has 0 aliphatic heterocycles. The molecule has 0 aromatic carbocycles. The fraction of sp³-hybridized carbons (Fsp3) is 0.929. The lowest BCUT2D eigenvalue weighted by Crippen LogP contribution is -2.58. The average molecular weight is 335 g/mol. The Balaban J connectivity index is 1.81. The van der Waals surface area contributed by atoms with E-state index in [1.165, 1.54) is 6.26 Å². The second-order valence-electron chi connectivity index (χ2n) is 6.37. The van der Waals surface area contributed by atoms with Gasteiger partial charge in [0.2, 0.25) is 5.91 Å². The van der Waals surface area contributed by atoms with Gasteiger partial charge in [0, 0.05) is 18.1 Å². The summed E-state index contributed by atoms with van der Waals surface area (Å²) in [4.78, 5) is 12.0. The summed E-state index contributed by atoms with van der Waals surface area (Å²) in [6.45, 7) is 0. The Labute approximate surface area is 131 Å². The maximum Gasteiger partial charge on any atom is 0.238 e. The summed E-state index contributed by atoms with van der Waals surface area (Å²) in [7, 11) is -2.87. The molecule has 0 saturated heterocycles. The molecule has 2 saturated carbocycles. The van der Waals surface area contributed by atoms with E-state index >= 15 is 0 Å². The highest BCUT2D eigenvalue weighted by molar-refractivity contribution is 8.00. The Kier molecular flexibility index (Phi) is 5.59. The minimum absolute atomic E-state index is 0.210. The minimum Gasteiger partial charge on any atom is -0.368 e. The summed E-state index contributed by atoms with van der Waals surface area (Å²) in [6.07, 6.45) is 7.41. The van der Waals surface area contributed by atoms with Crippen LogP contribution < -0.4 is 11.1 Å². The molecule has 0 bridgehead atoms. The Morgan fingerprint density at radius 3 is 2.62 bits per heavy atom. The third kappa shape index (κ3) is 4.86. The molecule has 2 atom stereocenters. The van der Waals surface area contributed by atoms with E-state index in [2.05, 4.69) is 5.32 Å². The van der Waals surface area contributed by atoms with Crippen LogP contribution in [0.3, 0.4) is 0 Å². The van der Waals surface area contributed by atoms with Crippen molar-refractivity contribution in [1.29, 1.82) is 0 Å². The summed E-state index contributed by atoms with van der Waals surface area (Å²) in [5, 5.41) is 3.50. The Bertz CT molecular complexity index is 477. The van der Waals surface area contributed by atoms with Gasteiger partial charge in [0.1, 0.15) is 15.4 Å². The van der Waals surface area contributed by atoms with E-state index in [4.69, 9.17) is 5.73 Å². The van der Waals surface area contributed by atoms with E-state index < -0.39 is 15.4 Å². The van der Waals surface area contributed by atoms with Gasteiger partial charge in [-0.2, -0.15) is 11.8 Å². The molecular weight excluding hydrogens is 308 g/mol. The summed E-state index contributed by atoms with van der Waals surface area (Å²) in [5.41, 5.74) is 5.18. The van der Waals surface area contributed by atoms with Gasteiger partial charge in [0.15, 0.2) is 0 Å². The molecule has 2 aliphatic carbocycles. The molecule has 2 rings (SSSR count). The molecule has 5 nitrogen and oxygen atoms in total. The van der Waals surface area contributed by atoms with Crippen LogP contribution in [0.1, 0.15) is 38.5 Å². The van der Waals surface area contributed by atoms with Crippen LogP contribution in [0, 0.1) is 5.92 Å². The van der Waals surface area contributed by atoms with Gasteiger partial charge in [-0.1, -0.05) is 6.42 Å². The number of carbonyl (C=O) groups excluding carboxylic acids is 1. The Morgan fingerprint density at radius 2 is 2.05 bits per heavy atom. The molecule has 21 heavy (non-hydrogen) atoms. The lowest BCUT2D eigenvalue weighted by atomic mass is 9.84. The maximum absolute atomic E-state index is 12.0. The highest BCUT2D eigenvalue weighted by atomic mass is 32.2. The van der Waals surface area contributed by atoms with E-state index in [1.807, 2.05) is 0 Å². The predicted octanol–water partition coefficient (Wildman–Crippen LogP) is 0.931. The van der Waals surface area contributed by atoms with Gasteiger partial charge in [-0.05, 0) is 43.8 Å². The molecule has 2 unspecified atom stereocenters. The standard InChI is InChI=1S/C14H26N2O3S2/c1-21(18,19)10-9-20-8-6-11-3-2-7-14(11,13(15)17)16-12-4-5-12/h11-12,16H,2-10H2,1H3,(H2,15,17). The zero-order valence-electron chi connectivity index (χ0n) is 12.6. The van der Waals surface area contributed by atoms with E-state index in [-0.39, 0.29) is 11.7 Å². The van der Waals surface area contributed by atoms with Gasteiger partial charge in [-0.3, -0.25) is 4.79 Å². The van der Waals surface area contributed by atoms with Crippen LogP contribution in [0.2, 0.25) is 0 Å². The van der Waals surface area contributed by atoms with Gasteiger partial charge in [0.25, 0.3) is 0 Å². The second-order valence-corrected chi connectivity index (χ2v) is 9.86. The zero-order valence-corrected chi connectivity index (χ0v) is 14.3. The Morgan fingerprint density at radius 1 is 1.33 bits per heavy atom. The van der Waals surface area contributed by atoms with Crippen LogP contribution in [-0.4, -0.2) is 49.4 Å². The van der Waals surface area contributed by atoms with Gasteiger partial charge >= 0.3 is 0 Å². The molecule has 3 N–H and O–H groups in total. The second kappa shape index (κ2) is 6.87. The first-order valence-corrected chi connectivity index (χ1v) is 10.9. The first kappa shape index (κ1) is 17.1. The fourth-order valence-corrected chi connectivity index (χ4v) is 5.52. The molecule has 0 aromatic rings. The molecule has 0 heterocycles. The van der Waals surface area contributed by atoms with Crippen LogP contribution in [0.15, 0.2) is 0 Å². The van der Waals surface area contributed by atoms with Crippen molar-refractivity contribution in [2.75, 3.05) is 23.5 Å². The van der Waals surface area contributed by atoms with Crippen molar-refractivity contribution in [1.82, 2.24) is 5.32 Å². The van der Waals surface area contributed by atoms with Crippen molar-refractivity contribution in [3.8, 4) is 0 Å². The molecular formula is C14H26N2O3S2. The van der Waals surface area contributed by atoms with Crippen LogP contribution in [0.4, 0.5) is 0 Å². The first-order chi connectivity index (χ1) is 9.83. The highest BCUT2D eigenvalue weighted by Crippen LogP contribution is 2.40. The number of rotatable bonds is 9. The van der Waals surface area contributed by atoms with Crippen molar-refractivity contribution in [2.24, 2.45) is 11.7 Å².